The fraction of sp³-hybridized carbons (Fsp3) is 0.667. The maximum atomic E-state index is 13.1. The molecule has 0 aromatic heterocycles. The van der Waals surface area contributed by atoms with E-state index in [-0.39, 0.29) is 0 Å². The summed E-state index contributed by atoms with van der Waals surface area (Å²) in [5, 5.41) is 9.16. The van der Waals surface area contributed by atoms with Crippen molar-refractivity contribution >= 4 is 17.7 Å². The van der Waals surface area contributed by atoms with Gasteiger partial charge in [0.25, 0.3) is 5.78 Å². The molecule has 0 bridgehead atoms. The third kappa shape index (κ3) is 4.16. The zero-order chi connectivity index (χ0) is 12.2. The smallest absolute Gasteiger partial charge is 0.385 e. The number of carbonyl (C=O) groups is 3. The van der Waals surface area contributed by atoms with Crippen LogP contribution in [-0.4, -0.2) is 35.1 Å². The highest BCUT2D eigenvalue weighted by atomic mass is 19.1. The number of carbonyl (C=O) groups excluding carboxylic acids is 3. The van der Waals surface area contributed by atoms with Gasteiger partial charge in [0.05, 0.1) is 6.10 Å². The lowest BCUT2D eigenvalue weighted by atomic mass is 10.0. The fourth-order valence-corrected chi connectivity index (χ4v) is 0.786. The predicted molar refractivity (Wildman–Crippen MR) is 47.5 cm³/mol. The van der Waals surface area contributed by atoms with Crippen LogP contribution in [0, 0.1) is 5.92 Å². The molecule has 15 heavy (non-hydrogen) atoms. The summed E-state index contributed by atoms with van der Waals surface area (Å²) in [4.78, 5) is 32.0. The molecule has 0 spiro atoms. The topological polar surface area (TPSA) is 80.7 Å². The van der Waals surface area contributed by atoms with Crippen LogP contribution >= 0.6 is 0 Å². The number of ether oxygens (including phenoxy) is 1. The molecule has 0 rings (SSSR count). The number of rotatable bonds is 4. The second-order valence-corrected chi connectivity index (χ2v) is 3.38. The van der Waals surface area contributed by atoms with Gasteiger partial charge < -0.3 is 9.84 Å². The molecule has 0 saturated carbocycles. The van der Waals surface area contributed by atoms with Gasteiger partial charge in [0.1, 0.15) is 0 Å². The molecule has 0 aromatic carbocycles. The van der Waals surface area contributed by atoms with Gasteiger partial charge in [-0.1, -0.05) is 13.8 Å². The van der Waals surface area contributed by atoms with Gasteiger partial charge in [0.15, 0.2) is 6.17 Å². The molecule has 0 aliphatic carbocycles. The lowest BCUT2D eigenvalue weighted by Gasteiger charge is -2.16. The summed E-state index contributed by atoms with van der Waals surface area (Å²) in [6.45, 7) is 3.89. The molecule has 0 saturated heterocycles. The van der Waals surface area contributed by atoms with Crippen molar-refractivity contribution in [3.05, 3.63) is 0 Å². The number of esters is 2. The van der Waals surface area contributed by atoms with Crippen molar-refractivity contribution in [2.75, 3.05) is 0 Å². The van der Waals surface area contributed by atoms with Crippen LogP contribution in [0.15, 0.2) is 0 Å². The highest BCUT2D eigenvalue weighted by Crippen LogP contribution is 2.11. The van der Waals surface area contributed by atoms with E-state index in [1.54, 1.807) is 0 Å². The molecule has 0 heterocycles. The van der Waals surface area contributed by atoms with Crippen LogP contribution in [0.3, 0.4) is 0 Å². The molecule has 0 aliphatic rings. The van der Waals surface area contributed by atoms with Crippen molar-refractivity contribution in [2.45, 2.75) is 33.0 Å². The number of aliphatic hydroxyl groups is 1. The molecule has 0 aliphatic heterocycles. The molecule has 86 valence electrons. The van der Waals surface area contributed by atoms with E-state index in [9.17, 15) is 18.8 Å². The van der Waals surface area contributed by atoms with Gasteiger partial charge in [-0.25, -0.2) is 9.18 Å². The summed E-state index contributed by atoms with van der Waals surface area (Å²) in [6.07, 6.45) is -3.95. The summed E-state index contributed by atoms with van der Waals surface area (Å²) < 4.78 is 17.0. The Balaban J connectivity index is 4.44. The molecule has 1 N–H and O–H groups in total. The maximum Gasteiger partial charge on any atom is 0.385 e. The van der Waals surface area contributed by atoms with Crippen LogP contribution in [0.4, 0.5) is 4.39 Å². The Morgan fingerprint density at radius 3 is 2.07 bits per heavy atom. The minimum Gasteiger partial charge on any atom is -0.389 e. The fourth-order valence-electron chi connectivity index (χ4n) is 0.786. The Labute approximate surface area is 86.2 Å². The average molecular weight is 220 g/mol. The van der Waals surface area contributed by atoms with E-state index in [4.69, 9.17) is 5.11 Å². The summed E-state index contributed by atoms with van der Waals surface area (Å²) >= 11 is 0. The van der Waals surface area contributed by atoms with Crippen molar-refractivity contribution < 1.29 is 28.6 Å². The standard InChI is InChI=1S/C9H13FO5/c1-4(2)7(12)6(10)8(13)9(14)15-5(3)11/h4,6-7,12H,1-3H3/t6-,7-/m0/s1. The molecule has 0 aromatic rings. The molecule has 5 nitrogen and oxygen atoms in total. The zero-order valence-electron chi connectivity index (χ0n) is 8.69. The first-order valence-corrected chi connectivity index (χ1v) is 4.36. The molecule has 0 fully saturated rings. The first-order chi connectivity index (χ1) is 6.77. The van der Waals surface area contributed by atoms with E-state index in [0.717, 1.165) is 6.92 Å². The molecule has 0 unspecified atom stereocenters. The van der Waals surface area contributed by atoms with E-state index in [2.05, 4.69) is 4.74 Å². The van der Waals surface area contributed by atoms with E-state index in [0.29, 0.717) is 0 Å². The third-order valence-corrected chi connectivity index (χ3v) is 1.67. The van der Waals surface area contributed by atoms with E-state index in [1.807, 2.05) is 0 Å². The average Bonchev–Trinajstić information content (AvgIpc) is 2.13. The van der Waals surface area contributed by atoms with Gasteiger partial charge in [0.2, 0.25) is 0 Å². The third-order valence-electron chi connectivity index (χ3n) is 1.67. The van der Waals surface area contributed by atoms with Gasteiger partial charge in [-0.15, -0.1) is 0 Å². The van der Waals surface area contributed by atoms with Crippen molar-refractivity contribution in [3.63, 3.8) is 0 Å². The molecular weight excluding hydrogens is 207 g/mol. The molecule has 2 atom stereocenters. The van der Waals surface area contributed by atoms with Crippen molar-refractivity contribution in [3.8, 4) is 0 Å². The van der Waals surface area contributed by atoms with E-state index in [1.165, 1.54) is 13.8 Å². The normalized spacial score (nSPS) is 14.5. The zero-order valence-corrected chi connectivity index (χ0v) is 8.69. The van der Waals surface area contributed by atoms with Gasteiger partial charge >= 0.3 is 11.9 Å². The summed E-state index contributed by atoms with van der Waals surface area (Å²) in [7, 11) is 0. The number of hydrogen-bond acceptors (Lipinski definition) is 5. The minimum absolute atomic E-state index is 0.519. The largest absolute Gasteiger partial charge is 0.389 e. The van der Waals surface area contributed by atoms with Crippen LogP contribution in [0.1, 0.15) is 20.8 Å². The first-order valence-electron chi connectivity index (χ1n) is 4.36. The van der Waals surface area contributed by atoms with Crippen LogP contribution in [0.25, 0.3) is 0 Å². The van der Waals surface area contributed by atoms with Crippen LogP contribution in [0.2, 0.25) is 0 Å². The second kappa shape index (κ2) is 5.55. The quantitative estimate of drug-likeness (QED) is 0.409. The number of hydrogen-bond donors (Lipinski definition) is 1. The Kier molecular flexibility index (Phi) is 5.07. The number of ketones is 1. The lowest BCUT2D eigenvalue weighted by molar-refractivity contribution is -0.165. The number of Topliss-reactive ketones (excluding diaryl/α,β-unsaturated/α-hetero) is 1. The Bertz CT molecular complexity index is 274. The first kappa shape index (κ1) is 13.7. The predicted octanol–water partition coefficient (Wildman–Crippen LogP) is 0.000200. The Hall–Kier alpha value is -1.30. The van der Waals surface area contributed by atoms with Crippen molar-refractivity contribution in [1.82, 2.24) is 0 Å². The van der Waals surface area contributed by atoms with Gasteiger partial charge in [-0.3, -0.25) is 9.59 Å². The van der Waals surface area contributed by atoms with Gasteiger partial charge in [-0.05, 0) is 5.92 Å². The number of halogens is 1. The molecular formula is C9H13FO5. The highest BCUT2D eigenvalue weighted by Gasteiger charge is 2.34. The van der Waals surface area contributed by atoms with E-state index < -0.39 is 35.9 Å². The highest BCUT2D eigenvalue weighted by molar-refractivity contribution is 6.37. The van der Waals surface area contributed by atoms with Crippen molar-refractivity contribution in [1.29, 1.82) is 0 Å². The van der Waals surface area contributed by atoms with E-state index >= 15 is 0 Å². The monoisotopic (exact) mass is 220 g/mol. The summed E-state index contributed by atoms with van der Waals surface area (Å²) in [5.74, 6) is -4.66. The van der Waals surface area contributed by atoms with Gasteiger partial charge in [0, 0.05) is 6.92 Å². The minimum atomic E-state index is -2.36. The van der Waals surface area contributed by atoms with Crippen LogP contribution in [0.5, 0.6) is 0 Å². The summed E-state index contributed by atoms with van der Waals surface area (Å²) in [5.41, 5.74) is 0. The Morgan fingerprint density at radius 1 is 1.27 bits per heavy atom. The summed E-state index contributed by atoms with van der Waals surface area (Å²) in [6, 6.07) is 0. The molecule has 0 amide bonds. The van der Waals surface area contributed by atoms with Crippen LogP contribution in [-0.2, 0) is 19.1 Å². The van der Waals surface area contributed by atoms with Gasteiger partial charge in [-0.2, -0.15) is 0 Å². The molecule has 6 heteroatoms. The number of aliphatic hydroxyl groups excluding tert-OH is 1. The SMILES string of the molecule is CC(=O)OC(=O)C(=O)[C@@H](F)[C@@H](O)C(C)C. The number of alkyl halides is 1. The maximum absolute atomic E-state index is 13.1. The van der Waals surface area contributed by atoms with Crippen LogP contribution < -0.4 is 0 Å². The lowest BCUT2D eigenvalue weighted by Crippen LogP contribution is -2.39. The second-order valence-electron chi connectivity index (χ2n) is 3.38. The Morgan fingerprint density at radius 2 is 1.73 bits per heavy atom. The van der Waals surface area contributed by atoms with Crippen molar-refractivity contribution in [2.24, 2.45) is 5.92 Å². The molecule has 0 radical (unpaired) electrons.